The Morgan fingerprint density at radius 2 is 1.96 bits per heavy atom. The molecule has 2 N–H and O–H groups in total. The van der Waals surface area contributed by atoms with E-state index in [4.69, 9.17) is 5.73 Å². The van der Waals surface area contributed by atoms with E-state index in [2.05, 4.69) is 30.1 Å². The summed E-state index contributed by atoms with van der Waals surface area (Å²) in [4.78, 5) is 29.5. The van der Waals surface area contributed by atoms with Gasteiger partial charge in [-0.3, -0.25) is 0 Å². The van der Waals surface area contributed by atoms with Crippen molar-refractivity contribution in [1.29, 1.82) is 0 Å². The Hall–Kier alpha value is -1.90. The van der Waals surface area contributed by atoms with Crippen LogP contribution >= 0.6 is 0 Å². The Bertz CT molecular complexity index is 467. The molecular formula is C14H25N3O6. The van der Waals surface area contributed by atoms with Crippen molar-refractivity contribution >= 4 is 0 Å². The van der Waals surface area contributed by atoms with E-state index < -0.39 is 22.9 Å². The van der Waals surface area contributed by atoms with Crippen LogP contribution in [0.4, 0.5) is 0 Å². The molecule has 1 fully saturated rings. The second kappa shape index (κ2) is 7.58. The van der Waals surface area contributed by atoms with Gasteiger partial charge in [0.2, 0.25) is 0 Å². The van der Waals surface area contributed by atoms with E-state index in [1.807, 2.05) is 0 Å². The van der Waals surface area contributed by atoms with Gasteiger partial charge >= 0.3 is 0 Å². The molecule has 1 saturated carbocycles. The minimum Gasteiger partial charge on any atom is -0.330 e. The summed E-state index contributed by atoms with van der Waals surface area (Å²) in [5.74, 6) is 0. The molecule has 0 radical (unpaired) electrons. The molecule has 2 atom stereocenters. The van der Waals surface area contributed by atoms with Gasteiger partial charge in [0.1, 0.15) is 12.7 Å². The maximum atomic E-state index is 10.5. The van der Waals surface area contributed by atoms with Gasteiger partial charge in [0.05, 0.1) is 0 Å². The van der Waals surface area contributed by atoms with Gasteiger partial charge in [-0.15, -0.1) is 20.2 Å². The van der Waals surface area contributed by atoms with Gasteiger partial charge in [-0.1, -0.05) is 26.0 Å². The lowest BCUT2D eigenvalue weighted by molar-refractivity contribution is -0.790. The molecule has 0 bridgehead atoms. The van der Waals surface area contributed by atoms with Crippen molar-refractivity contribution in [1.82, 2.24) is 0 Å². The lowest BCUT2D eigenvalue weighted by Crippen LogP contribution is -2.41. The highest BCUT2D eigenvalue weighted by atomic mass is 17.0. The van der Waals surface area contributed by atoms with Gasteiger partial charge in [-0.05, 0) is 49.5 Å². The molecule has 0 amide bonds. The zero-order valence-corrected chi connectivity index (χ0v) is 13.7. The maximum Gasteiger partial charge on any atom is 0.294 e. The smallest absolute Gasteiger partial charge is 0.294 e. The normalized spacial score (nSPS) is 24.7. The van der Waals surface area contributed by atoms with E-state index in [1.54, 1.807) is 0 Å². The fourth-order valence-corrected chi connectivity index (χ4v) is 3.73. The maximum absolute atomic E-state index is 10.5. The summed E-state index contributed by atoms with van der Waals surface area (Å²) in [7, 11) is 0. The molecule has 2 unspecified atom stereocenters. The second-order valence-electron chi connectivity index (χ2n) is 7.16. The molecule has 0 heterocycles. The van der Waals surface area contributed by atoms with Crippen molar-refractivity contribution in [3.8, 4) is 0 Å². The van der Waals surface area contributed by atoms with Crippen LogP contribution in [0.1, 0.15) is 46.0 Å². The monoisotopic (exact) mass is 331 g/mol. The Labute approximate surface area is 135 Å². The second-order valence-corrected chi connectivity index (χ2v) is 7.16. The first kappa shape index (κ1) is 19.1. The fraction of sp³-hybridized carbons (Fsp3) is 0.857. The van der Waals surface area contributed by atoms with Gasteiger partial charge in [0.15, 0.2) is 0 Å². The quantitative estimate of drug-likeness (QED) is 0.389. The minimum absolute atomic E-state index is 0.0610. The van der Waals surface area contributed by atoms with E-state index in [0.717, 1.165) is 24.8 Å². The average Bonchev–Trinajstić information content (AvgIpc) is 2.39. The Balaban J connectivity index is 2.73. The van der Waals surface area contributed by atoms with Crippen LogP contribution in [0.3, 0.4) is 0 Å². The van der Waals surface area contributed by atoms with Gasteiger partial charge in [-0.25, -0.2) is 0 Å². The number of allylic oxidation sites excluding steroid dienone is 1. The highest BCUT2D eigenvalue weighted by Gasteiger charge is 2.40. The molecule has 0 aromatic heterocycles. The number of nitrogens with two attached hydrogens (primary N) is 1. The molecule has 0 aromatic carbocycles. The Morgan fingerprint density at radius 1 is 1.30 bits per heavy atom. The van der Waals surface area contributed by atoms with Gasteiger partial charge in [0.25, 0.3) is 10.2 Å². The summed E-state index contributed by atoms with van der Waals surface area (Å²) < 4.78 is 0. The van der Waals surface area contributed by atoms with Crippen LogP contribution in [-0.2, 0) is 9.68 Å². The first-order valence-corrected chi connectivity index (χ1v) is 7.53. The molecular weight excluding hydrogens is 306 g/mol. The van der Waals surface area contributed by atoms with Crippen molar-refractivity contribution in [2.24, 2.45) is 16.6 Å². The largest absolute Gasteiger partial charge is 0.330 e. The topological polar surface area (TPSA) is 131 Å². The lowest BCUT2D eigenvalue weighted by Gasteiger charge is -2.46. The molecule has 0 spiro atoms. The highest BCUT2D eigenvalue weighted by Crippen LogP contribution is 2.50. The first-order valence-electron chi connectivity index (χ1n) is 7.53. The molecule has 9 nitrogen and oxygen atoms in total. The third-order valence-electron chi connectivity index (χ3n) is 4.24. The SMILES string of the molecule is C=C1CC(C)(C)CC(CN)(CCC(CO[N+](=O)[O-])O[N+](=O)[O-])C1. The fourth-order valence-electron chi connectivity index (χ4n) is 3.73. The zero-order chi connectivity index (χ0) is 17.7. The third-order valence-corrected chi connectivity index (χ3v) is 4.24. The Morgan fingerprint density at radius 3 is 2.43 bits per heavy atom. The van der Waals surface area contributed by atoms with E-state index in [1.165, 1.54) is 0 Å². The molecule has 0 aromatic rings. The predicted octanol–water partition coefficient (Wildman–Crippen LogP) is 2.26. The number of hydrogen-bond acceptors (Lipinski definition) is 7. The molecule has 0 saturated heterocycles. The zero-order valence-electron chi connectivity index (χ0n) is 13.7. The van der Waals surface area contributed by atoms with Crippen LogP contribution in [0.25, 0.3) is 0 Å². The highest BCUT2D eigenvalue weighted by molar-refractivity contribution is 5.10. The summed E-state index contributed by atoms with van der Waals surface area (Å²) >= 11 is 0. The van der Waals surface area contributed by atoms with E-state index in [-0.39, 0.29) is 17.3 Å². The number of nitrogens with zero attached hydrogens (tertiary/aromatic N) is 2. The molecule has 23 heavy (non-hydrogen) atoms. The van der Waals surface area contributed by atoms with Crippen LogP contribution in [0.15, 0.2) is 12.2 Å². The van der Waals surface area contributed by atoms with Crippen molar-refractivity contribution in [2.45, 2.75) is 52.1 Å². The van der Waals surface area contributed by atoms with Gasteiger partial charge in [0, 0.05) is 0 Å². The first-order chi connectivity index (χ1) is 10.6. The van der Waals surface area contributed by atoms with Crippen molar-refractivity contribution < 1.29 is 19.8 Å². The van der Waals surface area contributed by atoms with Gasteiger partial charge < -0.3 is 15.4 Å². The minimum atomic E-state index is -0.989. The molecule has 132 valence electrons. The molecule has 0 aliphatic heterocycles. The molecule has 9 heteroatoms. The molecule has 1 aliphatic carbocycles. The van der Waals surface area contributed by atoms with Crippen molar-refractivity contribution in [3.63, 3.8) is 0 Å². The van der Waals surface area contributed by atoms with E-state index in [9.17, 15) is 20.2 Å². The summed E-state index contributed by atoms with van der Waals surface area (Å²) in [6.07, 6.45) is 2.39. The van der Waals surface area contributed by atoms with Crippen molar-refractivity contribution in [2.75, 3.05) is 13.2 Å². The summed E-state index contributed by atoms with van der Waals surface area (Å²) in [5.41, 5.74) is 6.93. The van der Waals surface area contributed by atoms with Crippen LogP contribution in [0.2, 0.25) is 0 Å². The Kier molecular flexibility index (Phi) is 6.31. The van der Waals surface area contributed by atoms with Gasteiger partial charge in [-0.2, -0.15) is 0 Å². The average molecular weight is 331 g/mol. The number of hydrogen-bond donors (Lipinski definition) is 1. The number of rotatable bonds is 9. The van der Waals surface area contributed by atoms with Crippen LogP contribution in [-0.4, -0.2) is 29.4 Å². The summed E-state index contributed by atoms with van der Waals surface area (Å²) in [6, 6.07) is 0. The van der Waals surface area contributed by atoms with Crippen LogP contribution in [0, 0.1) is 31.1 Å². The molecule has 1 aliphatic rings. The summed E-state index contributed by atoms with van der Waals surface area (Å²) in [5, 5.41) is 18.9. The summed E-state index contributed by atoms with van der Waals surface area (Å²) in [6.45, 7) is 8.32. The van der Waals surface area contributed by atoms with Crippen LogP contribution in [0.5, 0.6) is 0 Å². The molecule has 1 rings (SSSR count). The van der Waals surface area contributed by atoms with E-state index in [0.29, 0.717) is 13.0 Å². The third kappa shape index (κ3) is 6.39. The lowest BCUT2D eigenvalue weighted by atomic mass is 9.60. The van der Waals surface area contributed by atoms with Crippen LogP contribution < -0.4 is 5.73 Å². The van der Waals surface area contributed by atoms with E-state index >= 15 is 0 Å². The predicted molar refractivity (Wildman–Crippen MR) is 82.3 cm³/mol. The van der Waals surface area contributed by atoms with Crippen molar-refractivity contribution in [3.05, 3.63) is 32.4 Å². The standard InChI is InChI=1S/C14H25N3O6/c1-11-6-13(2,3)9-14(7-11,10-15)5-4-12(23-17(20)21)8-22-16(18)19/h12H,1,4-10,15H2,2-3H3.